The van der Waals surface area contributed by atoms with Gasteiger partial charge in [-0.25, -0.2) is 5.43 Å². The first-order valence-electron chi connectivity index (χ1n) is 12.4. The molecule has 1 aliphatic heterocycles. The van der Waals surface area contributed by atoms with Crippen LogP contribution in [-0.4, -0.2) is 32.1 Å². The van der Waals surface area contributed by atoms with Gasteiger partial charge in [-0.15, -0.1) is 0 Å². The van der Waals surface area contributed by atoms with E-state index in [9.17, 15) is 4.79 Å². The standard InChI is InChI=1S/C31H27ClN4O3/c1-38-27-15-7-23(8-16-27)30-19-29(22-5-11-25(32)12-6-22)35-36(30)26-13-3-21(4-14-26)20-33-34-31(37)24-9-17-28(39-2)18-10-24/h3-18,20,30H,19H2,1-2H3,(H,34,37)/b33-20-/t30-/m0/s1. The smallest absolute Gasteiger partial charge is 0.271 e. The Labute approximate surface area is 232 Å². The third-order valence-electron chi connectivity index (χ3n) is 6.48. The fraction of sp³-hybridized carbons (Fsp3) is 0.129. The lowest BCUT2D eigenvalue weighted by Gasteiger charge is -2.24. The molecule has 0 fully saturated rings. The van der Waals surface area contributed by atoms with Gasteiger partial charge in [0, 0.05) is 17.0 Å². The molecule has 1 aliphatic rings. The second-order valence-electron chi connectivity index (χ2n) is 8.91. The number of carbonyl (C=O) groups is 1. The lowest BCUT2D eigenvalue weighted by atomic mass is 9.98. The third-order valence-corrected chi connectivity index (χ3v) is 6.73. The zero-order chi connectivity index (χ0) is 27.2. The van der Waals surface area contributed by atoms with Crippen molar-refractivity contribution in [3.63, 3.8) is 0 Å². The van der Waals surface area contributed by atoms with E-state index in [1.54, 1.807) is 44.7 Å². The summed E-state index contributed by atoms with van der Waals surface area (Å²) in [6.45, 7) is 0. The topological polar surface area (TPSA) is 75.5 Å². The Morgan fingerprint density at radius 2 is 1.51 bits per heavy atom. The summed E-state index contributed by atoms with van der Waals surface area (Å²) in [6.07, 6.45) is 2.35. The summed E-state index contributed by atoms with van der Waals surface area (Å²) in [5.74, 6) is 1.20. The van der Waals surface area contributed by atoms with Crippen LogP contribution in [0.15, 0.2) is 107 Å². The van der Waals surface area contributed by atoms with Crippen molar-refractivity contribution in [2.24, 2.45) is 10.2 Å². The minimum absolute atomic E-state index is 0.0184. The van der Waals surface area contributed by atoms with Crippen LogP contribution < -0.4 is 19.9 Å². The summed E-state index contributed by atoms with van der Waals surface area (Å²) in [5.41, 5.74) is 8.00. The van der Waals surface area contributed by atoms with Gasteiger partial charge in [0.25, 0.3) is 5.91 Å². The number of ether oxygens (including phenoxy) is 2. The molecule has 5 rings (SSSR count). The first-order valence-corrected chi connectivity index (χ1v) is 12.8. The summed E-state index contributed by atoms with van der Waals surface area (Å²) >= 11 is 6.11. The van der Waals surface area contributed by atoms with Crippen molar-refractivity contribution >= 4 is 35.1 Å². The number of anilines is 1. The highest BCUT2D eigenvalue weighted by molar-refractivity contribution is 6.30. The van der Waals surface area contributed by atoms with Crippen LogP contribution in [0.25, 0.3) is 0 Å². The first-order chi connectivity index (χ1) is 19.0. The molecule has 1 atom stereocenters. The average Bonchev–Trinajstić information content (AvgIpc) is 3.43. The molecule has 4 aromatic rings. The number of methoxy groups -OCH3 is 2. The van der Waals surface area contributed by atoms with Gasteiger partial charge >= 0.3 is 0 Å². The van der Waals surface area contributed by atoms with Crippen molar-refractivity contribution in [1.82, 2.24) is 5.43 Å². The van der Waals surface area contributed by atoms with Gasteiger partial charge in [-0.05, 0) is 77.4 Å². The van der Waals surface area contributed by atoms with Crippen LogP contribution in [-0.2, 0) is 0 Å². The zero-order valence-corrected chi connectivity index (χ0v) is 22.3. The molecule has 1 N–H and O–H groups in total. The maximum Gasteiger partial charge on any atom is 0.271 e. The Hall–Kier alpha value is -4.62. The predicted octanol–water partition coefficient (Wildman–Crippen LogP) is 6.48. The first kappa shape index (κ1) is 26.0. The number of halogens is 1. The minimum Gasteiger partial charge on any atom is -0.497 e. The highest BCUT2D eigenvalue weighted by atomic mass is 35.5. The molecule has 4 aromatic carbocycles. The maximum atomic E-state index is 12.3. The quantitative estimate of drug-likeness (QED) is 0.206. The number of hydrazone groups is 2. The van der Waals surface area contributed by atoms with Crippen LogP contribution in [0.3, 0.4) is 0 Å². The van der Waals surface area contributed by atoms with Gasteiger partial charge in [-0.3, -0.25) is 9.80 Å². The Morgan fingerprint density at radius 3 is 2.13 bits per heavy atom. The van der Waals surface area contributed by atoms with Crippen LogP contribution in [0.2, 0.25) is 5.02 Å². The Kier molecular flexibility index (Phi) is 7.89. The van der Waals surface area contributed by atoms with E-state index in [0.29, 0.717) is 16.3 Å². The van der Waals surface area contributed by atoms with Crippen molar-refractivity contribution in [1.29, 1.82) is 0 Å². The van der Waals surface area contributed by atoms with E-state index in [4.69, 9.17) is 26.2 Å². The second kappa shape index (κ2) is 11.8. The Balaban J connectivity index is 1.33. The molecule has 0 aliphatic carbocycles. The lowest BCUT2D eigenvalue weighted by Crippen LogP contribution is -2.18. The van der Waals surface area contributed by atoms with Crippen LogP contribution in [0.5, 0.6) is 11.5 Å². The summed E-state index contributed by atoms with van der Waals surface area (Å²) in [7, 11) is 3.24. The van der Waals surface area contributed by atoms with Gasteiger partial charge in [-0.2, -0.15) is 10.2 Å². The van der Waals surface area contributed by atoms with Crippen LogP contribution in [0, 0.1) is 0 Å². The summed E-state index contributed by atoms with van der Waals surface area (Å²) in [4.78, 5) is 12.3. The molecule has 0 spiro atoms. The molecular weight excluding hydrogens is 512 g/mol. The SMILES string of the molecule is COc1ccc(C(=O)N/N=C\c2ccc(N3N=C(c4ccc(Cl)cc4)C[C@H]3c3ccc(OC)cc3)cc2)cc1. The maximum absolute atomic E-state index is 12.3. The molecule has 1 amide bonds. The molecule has 0 unspecified atom stereocenters. The summed E-state index contributed by atoms with van der Waals surface area (Å²) in [5, 5.41) is 11.8. The molecule has 0 bridgehead atoms. The Bertz CT molecular complexity index is 1480. The molecule has 196 valence electrons. The molecule has 0 radical (unpaired) electrons. The second-order valence-corrected chi connectivity index (χ2v) is 9.35. The van der Waals surface area contributed by atoms with E-state index in [2.05, 4.69) is 22.7 Å². The van der Waals surface area contributed by atoms with Crippen molar-refractivity contribution in [3.8, 4) is 11.5 Å². The van der Waals surface area contributed by atoms with Gasteiger partial charge in [-0.1, -0.05) is 48.0 Å². The van der Waals surface area contributed by atoms with Crippen LogP contribution in [0.4, 0.5) is 5.69 Å². The highest BCUT2D eigenvalue weighted by Crippen LogP contribution is 2.37. The molecule has 1 heterocycles. The Morgan fingerprint density at radius 1 is 0.897 bits per heavy atom. The van der Waals surface area contributed by atoms with Crippen molar-refractivity contribution in [3.05, 3.63) is 124 Å². The fourth-order valence-corrected chi connectivity index (χ4v) is 4.46. The monoisotopic (exact) mass is 538 g/mol. The van der Waals surface area contributed by atoms with E-state index in [-0.39, 0.29) is 11.9 Å². The van der Waals surface area contributed by atoms with E-state index in [0.717, 1.165) is 40.3 Å². The number of amides is 1. The number of nitrogens with one attached hydrogen (secondary N) is 1. The molecule has 0 saturated heterocycles. The van der Waals surface area contributed by atoms with Gasteiger partial charge in [0.15, 0.2) is 0 Å². The van der Waals surface area contributed by atoms with Crippen molar-refractivity contribution in [2.45, 2.75) is 12.5 Å². The van der Waals surface area contributed by atoms with Gasteiger partial charge in [0.05, 0.1) is 37.9 Å². The van der Waals surface area contributed by atoms with Crippen molar-refractivity contribution in [2.75, 3.05) is 19.2 Å². The van der Waals surface area contributed by atoms with E-state index >= 15 is 0 Å². The average molecular weight is 539 g/mol. The normalized spacial score (nSPS) is 14.8. The van der Waals surface area contributed by atoms with Gasteiger partial charge in [0.1, 0.15) is 11.5 Å². The largest absolute Gasteiger partial charge is 0.497 e. The number of carbonyl (C=O) groups excluding carboxylic acids is 1. The minimum atomic E-state index is -0.297. The fourth-order valence-electron chi connectivity index (χ4n) is 4.34. The molecule has 7 nitrogen and oxygen atoms in total. The number of nitrogens with zero attached hydrogens (tertiary/aromatic N) is 3. The summed E-state index contributed by atoms with van der Waals surface area (Å²) in [6, 6.07) is 30.6. The summed E-state index contributed by atoms with van der Waals surface area (Å²) < 4.78 is 10.5. The van der Waals surface area contributed by atoms with E-state index < -0.39 is 0 Å². The molecule has 39 heavy (non-hydrogen) atoms. The van der Waals surface area contributed by atoms with Gasteiger partial charge in [0.2, 0.25) is 0 Å². The van der Waals surface area contributed by atoms with Crippen molar-refractivity contribution < 1.29 is 14.3 Å². The van der Waals surface area contributed by atoms with Gasteiger partial charge < -0.3 is 9.47 Å². The number of benzene rings is 4. The van der Waals surface area contributed by atoms with Crippen LogP contribution >= 0.6 is 11.6 Å². The number of hydrogen-bond acceptors (Lipinski definition) is 6. The number of rotatable bonds is 8. The highest BCUT2D eigenvalue weighted by Gasteiger charge is 2.30. The zero-order valence-electron chi connectivity index (χ0n) is 21.5. The molecular formula is C31H27ClN4O3. The van der Waals surface area contributed by atoms with E-state index in [1.165, 1.54) is 0 Å². The molecule has 0 aromatic heterocycles. The predicted molar refractivity (Wildman–Crippen MR) is 155 cm³/mol. The van der Waals surface area contributed by atoms with E-state index in [1.807, 2.05) is 65.7 Å². The third kappa shape index (κ3) is 6.10. The molecule has 0 saturated carbocycles. The lowest BCUT2D eigenvalue weighted by molar-refractivity contribution is 0.0955. The van der Waals surface area contributed by atoms with Crippen LogP contribution in [0.1, 0.15) is 39.5 Å². The molecule has 8 heteroatoms. The number of hydrogen-bond donors (Lipinski definition) is 1.